The topological polar surface area (TPSA) is 54.2 Å². The maximum Gasteiger partial charge on any atom is 0.416 e. The Morgan fingerprint density at radius 2 is 1.84 bits per heavy atom. The summed E-state index contributed by atoms with van der Waals surface area (Å²) in [6, 6.07) is 5.20. The van der Waals surface area contributed by atoms with E-state index < -0.39 is 11.7 Å². The minimum Gasteiger partial charge on any atom is -0.356 e. The van der Waals surface area contributed by atoms with Crippen LogP contribution in [-0.2, 0) is 26.2 Å². The largest absolute Gasteiger partial charge is 0.416 e. The van der Waals surface area contributed by atoms with Crippen molar-refractivity contribution in [2.45, 2.75) is 19.1 Å². The molecule has 1 aromatic heterocycles. The Morgan fingerprint density at radius 3 is 2.36 bits per heavy atom. The molecule has 0 amide bonds. The first kappa shape index (κ1) is 21.3. The highest BCUT2D eigenvalue weighted by Crippen LogP contribution is 2.29. The van der Waals surface area contributed by atoms with Crippen LogP contribution in [0.25, 0.3) is 0 Å². The Hall–Kier alpha value is -1.78. The molecule has 1 aromatic carbocycles. The number of hydrogen-bond donors (Lipinski definition) is 2. The fraction of sp³-hybridized carbons (Fsp3) is 0.375. The van der Waals surface area contributed by atoms with Crippen molar-refractivity contribution in [3.05, 3.63) is 53.3 Å². The van der Waals surface area contributed by atoms with Gasteiger partial charge in [-0.1, -0.05) is 12.1 Å². The summed E-state index contributed by atoms with van der Waals surface area (Å²) in [6.07, 6.45) is -0.0221. The minimum absolute atomic E-state index is 0. The normalized spacial score (nSPS) is 11.8. The summed E-state index contributed by atoms with van der Waals surface area (Å²) in [5, 5.41) is 10.4. The minimum atomic E-state index is -4.30. The average molecular weight is 467 g/mol. The molecule has 0 spiro atoms. The van der Waals surface area contributed by atoms with E-state index in [2.05, 4.69) is 20.7 Å². The van der Waals surface area contributed by atoms with Crippen LogP contribution in [0, 0.1) is 0 Å². The lowest BCUT2D eigenvalue weighted by Crippen LogP contribution is -2.37. The van der Waals surface area contributed by atoms with Gasteiger partial charge in [-0.3, -0.25) is 9.67 Å². The highest BCUT2D eigenvalue weighted by molar-refractivity contribution is 14.0. The molecule has 0 saturated heterocycles. The van der Waals surface area contributed by atoms with E-state index in [4.69, 9.17) is 0 Å². The third-order valence-electron chi connectivity index (χ3n) is 3.43. The molecule has 25 heavy (non-hydrogen) atoms. The predicted octanol–water partition coefficient (Wildman–Crippen LogP) is 2.96. The van der Waals surface area contributed by atoms with Crippen LogP contribution in [0.5, 0.6) is 0 Å². The van der Waals surface area contributed by atoms with E-state index >= 15 is 0 Å². The molecule has 0 fully saturated rings. The molecule has 1 heterocycles. The second kappa shape index (κ2) is 9.64. The van der Waals surface area contributed by atoms with E-state index in [9.17, 15) is 13.2 Å². The molecule has 0 bridgehead atoms. The fourth-order valence-corrected chi connectivity index (χ4v) is 2.16. The molecule has 9 heteroatoms. The maximum absolute atomic E-state index is 12.5. The molecule has 0 aliphatic carbocycles. The fourth-order valence-electron chi connectivity index (χ4n) is 2.16. The van der Waals surface area contributed by atoms with Gasteiger partial charge >= 0.3 is 6.18 Å². The van der Waals surface area contributed by atoms with Gasteiger partial charge in [0.15, 0.2) is 5.96 Å². The second-order valence-corrected chi connectivity index (χ2v) is 5.32. The first-order valence-electron chi connectivity index (χ1n) is 7.46. The summed E-state index contributed by atoms with van der Waals surface area (Å²) in [5.41, 5.74) is 1.23. The smallest absolute Gasteiger partial charge is 0.356 e. The standard InChI is InChI=1S/C16H20F3N5.HI/c1-20-15(22-9-13-10-23-24(2)11-13)21-8-7-12-3-5-14(6-4-12)16(17,18)19;/h3-6,10-11H,7-9H2,1-2H3,(H2,20,21,22);1H. The van der Waals surface area contributed by atoms with Crippen LogP contribution in [-0.4, -0.2) is 29.3 Å². The van der Waals surface area contributed by atoms with E-state index in [0.717, 1.165) is 23.3 Å². The number of halogens is 4. The molecule has 0 aliphatic heterocycles. The molecule has 0 atom stereocenters. The number of aliphatic imine (C=N–C) groups is 1. The van der Waals surface area contributed by atoms with Crippen LogP contribution in [0.2, 0.25) is 0 Å². The number of guanidine groups is 1. The molecule has 2 aromatic rings. The summed E-state index contributed by atoms with van der Waals surface area (Å²) in [6.45, 7) is 1.16. The Kier molecular flexibility index (Phi) is 8.20. The van der Waals surface area contributed by atoms with Crippen molar-refractivity contribution in [3.63, 3.8) is 0 Å². The molecule has 0 aliphatic rings. The third kappa shape index (κ3) is 6.92. The molecule has 0 unspecified atom stereocenters. The summed E-state index contributed by atoms with van der Waals surface area (Å²) in [7, 11) is 3.51. The Balaban J connectivity index is 0.00000312. The van der Waals surface area contributed by atoms with Gasteiger partial charge in [0.05, 0.1) is 11.8 Å². The highest BCUT2D eigenvalue weighted by atomic mass is 127. The summed E-state index contributed by atoms with van der Waals surface area (Å²) in [4.78, 5) is 4.11. The van der Waals surface area contributed by atoms with Gasteiger partial charge in [-0.05, 0) is 24.1 Å². The number of nitrogens with zero attached hydrogens (tertiary/aromatic N) is 3. The maximum atomic E-state index is 12.5. The number of nitrogens with one attached hydrogen (secondary N) is 2. The monoisotopic (exact) mass is 467 g/mol. The Labute approximate surface area is 161 Å². The third-order valence-corrected chi connectivity index (χ3v) is 3.43. The lowest BCUT2D eigenvalue weighted by molar-refractivity contribution is -0.137. The number of benzene rings is 1. The zero-order valence-corrected chi connectivity index (χ0v) is 16.3. The molecular formula is C16H21F3IN5. The SMILES string of the molecule is CN=C(NCCc1ccc(C(F)(F)F)cc1)NCc1cnn(C)c1.I. The predicted molar refractivity (Wildman–Crippen MR) is 102 cm³/mol. The van der Waals surface area contributed by atoms with Crippen LogP contribution in [0.1, 0.15) is 16.7 Å². The summed E-state index contributed by atoms with van der Waals surface area (Å²) in [5.74, 6) is 0.630. The van der Waals surface area contributed by atoms with E-state index in [0.29, 0.717) is 25.5 Å². The van der Waals surface area contributed by atoms with Crippen LogP contribution in [0.3, 0.4) is 0 Å². The van der Waals surface area contributed by atoms with Crippen molar-refractivity contribution in [2.75, 3.05) is 13.6 Å². The van der Waals surface area contributed by atoms with Gasteiger partial charge in [-0.15, -0.1) is 24.0 Å². The molecule has 2 N–H and O–H groups in total. The van der Waals surface area contributed by atoms with Gasteiger partial charge in [-0.25, -0.2) is 0 Å². The van der Waals surface area contributed by atoms with Crippen molar-refractivity contribution in [2.24, 2.45) is 12.0 Å². The molecule has 138 valence electrons. The summed E-state index contributed by atoms with van der Waals surface area (Å²) >= 11 is 0. The Bertz CT molecular complexity index is 680. The van der Waals surface area contributed by atoms with Crippen molar-refractivity contribution < 1.29 is 13.2 Å². The van der Waals surface area contributed by atoms with E-state index in [1.165, 1.54) is 12.1 Å². The molecular weight excluding hydrogens is 446 g/mol. The van der Waals surface area contributed by atoms with Gasteiger partial charge in [0.2, 0.25) is 0 Å². The first-order chi connectivity index (χ1) is 11.4. The van der Waals surface area contributed by atoms with Gasteiger partial charge in [-0.2, -0.15) is 18.3 Å². The number of aromatic nitrogens is 2. The van der Waals surface area contributed by atoms with Gasteiger partial charge in [0.25, 0.3) is 0 Å². The van der Waals surface area contributed by atoms with Crippen molar-refractivity contribution >= 4 is 29.9 Å². The molecule has 2 rings (SSSR count). The number of alkyl halides is 3. The number of hydrogen-bond acceptors (Lipinski definition) is 2. The van der Waals surface area contributed by atoms with E-state index in [1.807, 2.05) is 13.2 Å². The van der Waals surface area contributed by atoms with Crippen LogP contribution in [0.15, 0.2) is 41.7 Å². The zero-order chi connectivity index (χ0) is 17.6. The van der Waals surface area contributed by atoms with Gasteiger partial charge in [0.1, 0.15) is 0 Å². The average Bonchev–Trinajstić information content (AvgIpc) is 2.96. The molecule has 0 saturated carbocycles. The highest BCUT2D eigenvalue weighted by Gasteiger charge is 2.29. The lowest BCUT2D eigenvalue weighted by Gasteiger charge is -2.11. The molecule has 5 nitrogen and oxygen atoms in total. The molecule has 0 radical (unpaired) electrons. The second-order valence-electron chi connectivity index (χ2n) is 5.32. The van der Waals surface area contributed by atoms with Crippen molar-refractivity contribution in [3.8, 4) is 0 Å². The Morgan fingerprint density at radius 1 is 1.16 bits per heavy atom. The summed E-state index contributed by atoms with van der Waals surface area (Å²) < 4.78 is 39.2. The van der Waals surface area contributed by atoms with Crippen LogP contribution in [0.4, 0.5) is 13.2 Å². The first-order valence-corrected chi connectivity index (χ1v) is 7.46. The van der Waals surface area contributed by atoms with Crippen molar-refractivity contribution in [1.82, 2.24) is 20.4 Å². The zero-order valence-electron chi connectivity index (χ0n) is 14.0. The van der Waals surface area contributed by atoms with Gasteiger partial charge in [0, 0.05) is 38.9 Å². The van der Waals surface area contributed by atoms with Crippen LogP contribution >= 0.6 is 24.0 Å². The number of rotatable bonds is 5. The van der Waals surface area contributed by atoms with Crippen molar-refractivity contribution in [1.29, 1.82) is 0 Å². The number of aryl methyl sites for hydroxylation is 1. The lowest BCUT2D eigenvalue weighted by atomic mass is 10.1. The van der Waals surface area contributed by atoms with E-state index in [1.54, 1.807) is 17.9 Å². The van der Waals surface area contributed by atoms with E-state index in [-0.39, 0.29) is 24.0 Å². The van der Waals surface area contributed by atoms with Gasteiger partial charge < -0.3 is 10.6 Å². The quantitative estimate of drug-likeness (QED) is 0.404. The van der Waals surface area contributed by atoms with Crippen LogP contribution < -0.4 is 10.6 Å².